The van der Waals surface area contributed by atoms with E-state index < -0.39 is 43.3 Å². The van der Waals surface area contributed by atoms with Gasteiger partial charge in [-0.05, 0) is 0 Å². The summed E-state index contributed by atoms with van der Waals surface area (Å²) in [6, 6.07) is 0.0836. The molecule has 1 aromatic heterocycles. The number of sulfonamides is 1. The molecular formula is C6H4F3N3O6S. The predicted molar refractivity (Wildman–Crippen MR) is 51.8 cm³/mol. The van der Waals surface area contributed by atoms with Crippen molar-refractivity contribution < 1.29 is 31.2 Å². The van der Waals surface area contributed by atoms with Crippen molar-refractivity contribution in [3.63, 3.8) is 0 Å². The van der Waals surface area contributed by atoms with E-state index >= 15 is 0 Å². The van der Waals surface area contributed by atoms with E-state index in [1.54, 1.807) is 0 Å². The number of primary sulfonamides is 1. The summed E-state index contributed by atoms with van der Waals surface area (Å²) in [5, 5.41) is 13.7. The fourth-order valence-electron chi connectivity index (χ4n) is 1.09. The molecule has 1 heterocycles. The SMILES string of the molecule is NS(=O)(=O)c1[nH]c(=O)cc(OC(F)(F)F)c1[N+](=O)[O-]. The summed E-state index contributed by atoms with van der Waals surface area (Å²) in [5.74, 6) is -1.58. The van der Waals surface area contributed by atoms with Gasteiger partial charge in [-0.1, -0.05) is 0 Å². The highest BCUT2D eigenvalue weighted by molar-refractivity contribution is 7.89. The van der Waals surface area contributed by atoms with Gasteiger partial charge in [-0.2, -0.15) is 0 Å². The number of rotatable bonds is 3. The number of aromatic nitrogens is 1. The van der Waals surface area contributed by atoms with Crippen LogP contribution in [0.15, 0.2) is 15.9 Å². The largest absolute Gasteiger partial charge is 0.573 e. The Balaban J connectivity index is 3.69. The summed E-state index contributed by atoms with van der Waals surface area (Å²) >= 11 is 0. The molecule has 0 bridgehead atoms. The van der Waals surface area contributed by atoms with Crippen LogP contribution in [-0.4, -0.2) is 24.7 Å². The Morgan fingerprint density at radius 2 is 1.95 bits per heavy atom. The van der Waals surface area contributed by atoms with Gasteiger partial charge in [0, 0.05) is 0 Å². The van der Waals surface area contributed by atoms with Crippen LogP contribution in [0.2, 0.25) is 0 Å². The zero-order valence-electron chi connectivity index (χ0n) is 8.59. The van der Waals surface area contributed by atoms with Crippen molar-refractivity contribution in [1.82, 2.24) is 4.98 Å². The Morgan fingerprint density at radius 3 is 2.32 bits per heavy atom. The van der Waals surface area contributed by atoms with Gasteiger partial charge in [0.2, 0.25) is 10.8 Å². The minimum atomic E-state index is -5.35. The molecule has 9 nitrogen and oxygen atoms in total. The number of nitro groups is 1. The highest BCUT2D eigenvalue weighted by Gasteiger charge is 2.38. The van der Waals surface area contributed by atoms with Crippen LogP contribution in [-0.2, 0) is 10.0 Å². The molecule has 0 saturated heterocycles. The number of nitrogens with two attached hydrogens (primary N) is 1. The van der Waals surface area contributed by atoms with Crippen molar-refractivity contribution in [1.29, 1.82) is 0 Å². The minimum absolute atomic E-state index is 0.0836. The number of ether oxygens (including phenoxy) is 1. The van der Waals surface area contributed by atoms with Crippen molar-refractivity contribution in [3.8, 4) is 5.75 Å². The van der Waals surface area contributed by atoms with Crippen LogP contribution in [0.25, 0.3) is 0 Å². The Kier molecular flexibility index (Phi) is 3.54. The molecule has 0 atom stereocenters. The third kappa shape index (κ3) is 3.65. The van der Waals surface area contributed by atoms with E-state index in [1.807, 2.05) is 0 Å². The Bertz CT molecular complexity index is 678. The highest BCUT2D eigenvalue weighted by Crippen LogP contribution is 2.33. The number of hydrogen-bond donors (Lipinski definition) is 2. The molecular weight excluding hydrogens is 299 g/mol. The Hall–Kier alpha value is -2.15. The number of halogens is 3. The van der Waals surface area contributed by atoms with Gasteiger partial charge in [-0.15, -0.1) is 13.2 Å². The molecule has 0 aliphatic rings. The van der Waals surface area contributed by atoms with E-state index in [0.717, 1.165) is 0 Å². The third-order valence-electron chi connectivity index (χ3n) is 1.64. The number of aromatic amines is 1. The Morgan fingerprint density at radius 1 is 1.42 bits per heavy atom. The summed E-state index contributed by atoms with van der Waals surface area (Å²) in [4.78, 5) is 21.6. The molecule has 0 radical (unpaired) electrons. The van der Waals surface area contributed by atoms with E-state index in [0.29, 0.717) is 0 Å². The molecule has 0 saturated carbocycles. The lowest BCUT2D eigenvalue weighted by Crippen LogP contribution is -2.24. The normalized spacial score (nSPS) is 12.2. The summed E-state index contributed by atoms with van der Waals surface area (Å²) in [6.07, 6.45) is -5.35. The first-order valence-corrected chi connectivity index (χ1v) is 5.66. The number of pyridine rings is 1. The van der Waals surface area contributed by atoms with Crippen LogP contribution in [0.5, 0.6) is 5.75 Å². The lowest BCUT2D eigenvalue weighted by atomic mass is 10.4. The van der Waals surface area contributed by atoms with Gasteiger partial charge in [-0.3, -0.25) is 14.9 Å². The van der Waals surface area contributed by atoms with E-state index in [4.69, 9.17) is 0 Å². The van der Waals surface area contributed by atoms with Gasteiger partial charge >= 0.3 is 12.0 Å². The van der Waals surface area contributed by atoms with E-state index in [9.17, 15) is 36.5 Å². The quantitative estimate of drug-likeness (QED) is 0.585. The first kappa shape index (κ1) is 14.9. The van der Waals surface area contributed by atoms with E-state index in [2.05, 4.69) is 9.88 Å². The van der Waals surface area contributed by atoms with Crippen LogP contribution in [0.3, 0.4) is 0 Å². The molecule has 3 N–H and O–H groups in total. The lowest BCUT2D eigenvalue weighted by molar-refractivity contribution is -0.392. The van der Waals surface area contributed by atoms with Crippen molar-refractivity contribution in [2.75, 3.05) is 0 Å². The van der Waals surface area contributed by atoms with Crippen molar-refractivity contribution >= 4 is 15.7 Å². The summed E-state index contributed by atoms with van der Waals surface area (Å²) < 4.78 is 61.2. The summed E-state index contributed by atoms with van der Waals surface area (Å²) in [7, 11) is -4.82. The fraction of sp³-hybridized carbons (Fsp3) is 0.167. The lowest BCUT2D eigenvalue weighted by Gasteiger charge is -2.09. The first-order chi connectivity index (χ1) is 8.42. The molecule has 106 valence electrons. The molecule has 0 unspecified atom stereocenters. The monoisotopic (exact) mass is 303 g/mol. The maximum atomic E-state index is 12.0. The van der Waals surface area contributed by atoms with Crippen LogP contribution in [0.1, 0.15) is 0 Å². The number of H-pyrrole nitrogens is 1. The minimum Gasteiger partial charge on any atom is -0.398 e. The van der Waals surface area contributed by atoms with Gasteiger partial charge in [0.25, 0.3) is 15.6 Å². The number of hydrogen-bond acceptors (Lipinski definition) is 6. The second-order valence-electron chi connectivity index (χ2n) is 3.03. The standard InChI is InChI=1S/C6H4F3N3O6S/c7-6(8,9)18-2-1-3(13)11-5(19(10,16)17)4(2)12(14)15/h1H,(H,11,13)(H2,10,16,17). The zero-order valence-corrected chi connectivity index (χ0v) is 9.41. The molecule has 0 spiro atoms. The van der Waals surface area contributed by atoms with E-state index in [-0.39, 0.29) is 6.07 Å². The molecule has 1 rings (SSSR count). The maximum absolute atomic E-state index is 12.0. The number of nitrogens with one attached hydrogen (secondary N) is 1. The molecule has 19 heavy (non-hydrogen) atoms. The van der Waals surface area contributed by atoms with E-state index in [1.165, 1.54) is 4.98 Å². The highest BCUT2D eigenvalue weighted by atomic mass is 32.2. The average Bonchev–Trinajstić information content (AvgIpc) is 2.11. The van der Waals surface area contributed by atoms with Crippen LogP contribution < -0.4 is 15.4 Å². The summed E-state index contributed by atoms with van der Waals surface area (Å²) in [5.41, 5.74) is -2.98. The molecule has 0 aliphatic heterocycles. The molecule has 0 fully saturated rings. The maximum Gasteiger partial charge on any atom is 0.573 e. The predicted octanol–water partition coefficient (Wildman–Crippen LogP) is -0.171. The molecule has 0 aliphatic carbocycles. The molecule has 1 aromatic rings. The smallest absolute Gasteiger partial charge is 0.398 e. The number of nitrogens with zero attached hydrogens (tertiary/aromatic N) is 1. The van der Waals surface area contributed by atoms with Crippen LogP contribution >= 0.6 is 0 Å². The van der Waals surface area contributed by atoms with Crippen molar-refractivity contribution in [2.45, 2.75) is 11.4 Å². The van der Waals surface area contributed by atoms with Gasteiger partial charge in [0.1, 0.15) is 0 Å². The van der Waals surface area contributed by atoms with Crippen LogP contribution in [0.4, 0.5) is 18.9 Å². The van der Waals surface area contributed by atoms with Crippen molar-refractivity contribution in [2.24, 2.45) is 5.14 Å². The summed E-state index contributed by atoms with van der Waals surface area (Å²) in [6.45, 7) is 0. The third-order valence-corrected chi connectivity index (χ3v) is 2.50. The second kappa shape index (κ2) is 4.51. The van der Waals surface area contributed by atoms with Gasteiger partial charge in [0.05, 0.1) is 11.0 Å². The second-order valence-corrected chi connectivity index (χ2v) is 4.52. The van der Waals surface area contributed by atoms with Crippen LogP contribution in [0, 0.1) is 10.1 Å². The fourth-order valence-corrected chi connectivity index (χ4v) is 1.78. The zero-order chi connectivity index (χ0) is 15.0. The Labute approximate surface area is 102 Å². The molecule has 0 amide bonds. The van der Waals surface area contributed by atoms with Gasteiger partial charge in [0.15, 0.2) is 0 Å². The van der Waals surface area contributed by atoms with Gasteiger partial charge < -0.3 is 9.72 Å². The first-order valence-electron chi connectivity index (χ1n) is 4.12. The van der Waals surface area contributed by atoms with Gasteiger partial charge in [-0.25, -0.2) is 13.6 Å². The molecule has 13 heteroatoms. The van der Waals surface area contributed by atoms with Crippen molar-refractivity contribution in [3.05, 3.63) is 26.5 Å². The molecule has 0 aromatic carbocycles. The average molecular weight is 303 g/mol. The number of alkyl halides is 3. The topological polar surface area (TPSA) is 145 Å².